The van der Waals surface area contributed by atoms with Gasteiger partial charge in [0.1, 0.15) is 0 Å². The van der Waals surface area contributed by atoms with Gasteiger partial charge in [0, 0.05) is 5.75 Å². The zero-order valence-corrected chi connectivity index (χ0v) is 12.9. The number of thioether (sulfide) groups is 1. The van der Waals surface area contributed by atoms with Crippen LogP contribution in [0.4, 0.5) is 5.69 Å². The van der Waals surface area contributed by atoms with E-state index < -0.39 is 0 Å². The SMILES string of the molecule is CCC1CCSC(Nc2cc(Cl)c(Cl)cc2Cl)=N1. The average Bonchev–Trinajstić information content (AvgIpc) is 2.36. The summed E-state index contributed by atoms with van der Waals surface area (Å²) in [5.74, 6) is 1.07. The first kappa shape index (κ1) is 14.3. The summed E-state index contributed by atoms with van der Waals surface area (Å²) < 4.78 is 0. The molecule has 1 aromatic carbocycles. The Morgan fingerprint density at radius 1 is 1.28 bits per heavy atom. The quantitative estimate of drug-likeness (QED) is 0.744. The lowest BCUT2D eigenvalue weighted by Crippen LogP contribution is -2.19. The molecule has 1 N–H and O–H groups in total. The smallest absolute Gasteiger partial charge is 0.161 e. The number of aliphatic imine (C=N–C) groups is 1. The molecule has 0 bridgehead atoms. The highest BCUT2D eigenvalue weighted by Gasteiger charge is 2.15. The second kappa shape index (κ2) is 6.38. The number of anilines is 1. The van der Waals surface area contributed by atoms with Gasteiger partial charge in [-0.3, -0.25) is 4.99 Å². The Morgan fingerprint density at radius 3 is 2.72 bits per heavy atom. The minimum atomic E-state index is 0.398. The van der Waals surface area contributed by atoms with Crippen molar-refractivity contribution in [1.29, 1.82) is 0 Å². The Bertz CT molecular complexity index is 477. The molecule has 2 nitrogen and oxygen atoms in total. The number of benzene rings is 1. The second-order valence-electron chi connectivity index (χ2n) is 4.00. The summed E-state index contributed by atoms with van der Waals surface area (Å²) >= 11 is 19.7. The van der Waals surface area contributed by atoms with E-state index in [1.54, 1.807) is 23.9 Å². The van der Waals surface area contributed by atoms with Crippen molar-refractivity contribution < 1.29 is 0 Å². The number of amidine groups is 1. The summed E-state index contributed by atoms with van der Waals surface area (Å²) in [4.78, 5) is 4.62. The van der Waals surface area contributed by atoms with Crippen LogP contribution in [0.15, 0.2) is 17.1 Å². The molecule has 1 heterocycles. The fourth-order valence-corrected chi connectivity index (χ4v) is 3.24. The van der Waals surface area contributed by atoms with E-state index in [1.165, 1.54) is 0 Å². The molecule has 0 spiro atoms. The van der Waals surface area contributed by atoms with Crippen LogP contribution in [0.3, 0.4) is 0 Å². The van der Waals surface area contributed by atoms with Crippen molar-refractivity contribution in [2.45, 2.75) is 25.8 Å². The van der Waals surface area contributed by atoms with Crippen LogP contribution >= 0.6 is 46.6 Å². The lowest BCUT2D eigenvalue weighted by atomic mass is 10.2. The van der Waals surface area contributed by atoms with E-state index in [0.29, 0.717) is 21.1 Å². The van der Waals surface area contributed by atoms with Gasteiger partial charge in [0.15, 0.2) is 5.17 Å². The molecular weight excluding hydrogens is 311 g/mol. The van der Waals surface area contributed by atoms with Crippen molar-refractivity contribution in [3.05, 3.63) is 27.2 Å². The first-order valence-corrected chi connectivity index (χ1v) is 7.84. The van der Waals surface area contributed by atoms with E-state index in [9.17, 15) is 0 Å². The van der Waals surface area contributed by atoms with Crippen LogP contribution in [0.1, 0.15) is 19.8 Å². The number of rotatable bonds is 2. The summed E-state index contributed by atoms with van der Waals surface area (Å²) in [6.07, 6.45) is 2.18. The summed E-state index contributed by atoms with van der Waals surface area (Å²) in [7, 11) is 0. The maximum absolute atomic E-state index is 6.12. The summed E-state index contributed by atoms with van der Waals surface area (Å²) in [6.45, 7) is 2.15. The molecule has 0 fully saturated rings. The highest BCUT2D eigenvalue weighted by atomic mass is 35.5. The van der Waals surface area contributed by atoms with Gasteiger partial charge in [0.25, 0.3) is 0 Å². The number of halogens is 3. The molecule has 1 atom stereocenters. The lowest BCUT2D eigenvalue weighted by Gasteiger charge is -2.20. The van der Waals surface area contributed by atoms with Crippen LogP contribution < -0.4 is 5.32 Å². The first-order chi connectivity index (χ1) is 8.60. The Labute approximate surface area is 126 Å². The van der Waals surface area contributed by atoms with Crippen molar-refractivity contribution in [1.82, 2.24) is 0 Å². The van der Waals surface area contributed by atoms with E-state index in [4.69, 9.17) is 34.8 Å². The van der Waals surface area contributed by atoms with Gasteiger partial charge in [-0.2, -0.15) is 0 Å². The average molecular weight is 324 g/mol. The number of hydrogen-bond acceptors (Lipinski definition) is 3. The van der Waals surface area contributed by atoms with E-state index in [1.807, 2.05) is 0 Å². The Hall–Kier alpha value is -0.0900. The van der Waals surface area contributed by atoms with Crippen LogP contribution in [0.2, 0.25) is 15.1 Å². The first-order valence-electron chi connectivity index (χ1n) is 5.72. The highest BCUT2D eigenvalue weighted by Crippen LogP contribution is 2.33. The normalized spacial score (nSPS) is 19.6. The Kier molecular flexibility index (Phi) is 5.07. The van der Waals surface area contributed by atoms with Crippen LogP contribution in [0, 0.1) is 0 Å². The zero-order chi connectivity index (χ0) is 13.1. The Morgan fingerprint density at radius 2 is 2.00 bits per heavy atom. The summed E-state index contributed by atoms with van der Waals surface area (Å²) in [5, 5.41) is 5.60. The standard InChI is InChI=1S/C12H13Cl3N2S/c1-2-7-3-4-18-12(16-7)17-11-6-9(14)8(13)5-10(11)15/h5-7H,2-4H2,1H3,(H,16,17). The second-order valence-corrected chi connectivity index (χ2v) is 6.31. The largest absolute Gasteiger partial charge is 0.334 e. The predicted molar refractivity (Wildman–Crippen MR) is 83.7 cm³/mol. The molecule has 0 saturated heterocycles. The third-order valence-electron chi connectivity index (χ3n) is 2.71. The van der Waals surface area contributed by atoms with Crippen molar-refractivity contribution in [3.63, 3.8) is 0 Å². The van der Waals surface area contributed by atoms with E-state index in [0.717, 1.165) is 29.4 Å². The third kappa shape index (κ3) is 3.47. The third-order valence-corrected chi connectivity index (χ3v) is 4.67. The molecule has 0 radical (unpaired) electrons. The molecule has 0 aromatic heterocycles. The van der Waals surface area contributed by atoms with Crippen molar-refractivity contribution in [2.75, 3.05) is 11.1 Å². The minimum Gasteiger partial charge on any atom is -0.334 e. The monoisotopic (exact) mass is 322 g/mol. The van der Waals surface area contributed by atoms with Gasteiger partial charge >= 0.3 is 0 Å². The van der Waals surface area contributed by atoms with Gasteiger partial charge in [-0.05, 0) is 25.0 Å². The van der Waals surface area contributed by atoms with Gasteiger partial charge in [0.2, 0.25) is 0 Å². The molecular formula is C12H13Cl3N2S. The summed E-state index contributed by atoms with van der Waals surface area (Å²) in [5.41, 5.74) is 0.745. The minimum absolute atomic E-state index is 0.398. The maximum atomic E-state index is 6.12. The van der Waals surface area contributed by atoms with Crippen molar-refractivity contribution in [2.24, 2.45) is 4.99 Å². The van der Waals surface area contributed by atoms with Crippen molar-refractivity contribution in [3.8, 4) is 0 Å². The molecule has 18 heavy (non-hydrogen) atoms. The van der Waals surface area contributed by atoms with Crippen LogP contribution in [0.5, 0.6) is 0 Å². The Balaban J connectivity index is 2.19. The fourth-order valence-electron chi connectivity index (χ4n) is 1.66. The highest BCUT2D eigenvalue weighted by molar-refractivity contribution is 8.14. The topological polar surface area (TPSA) is 24.4 Å². The van der Waals surface area contributed by atoms with Crippen molar-refractivity contribution >= 4 is 57.4 Å². The van der Waals surface area contributed by atoms with Crippen LogP contribution in [-0.2, 0) is 0 Å². The molecule has 6 heteroatoms. The predicted octanol–water partition coefficient (Wildman–Crippen LogP) is 5.33. The number of hydrogen-bond donors (Lipinski definition) is 1. The maximum Gasteiger partial charge on any atom is 0.161 e. The molecule has 0 amide bonds. The molecule has 98 valence electrons. The van der Waals surface area contributed by atoms with Gasteiger partial charge in [-0.15, -0.1) is 0 Å². The molecule has 0 saturated carbocycles. The van der Waals surface area contributed by atoms with Crippen LogP contribution in [-0.4, -0.2) is 17.0 Å². The number of nitrogens with zero attached hydrogens (tertiary/aromatic N) is 1. The molecule has 2 rings (SSSR count). The van der Waals surface area contributed by atoms with Gasteiger partial charge in [0.05, 0.1) is 26.8 Å². The molecule has 1 aliphatic heterocycles. The summed E-state index contributed by atoms with van der Waals surface area (Å²) in [6, 6.07) is 3.76. The molecule has 1 aliphatic rings. The number of nitrogens with one attached hydrogen (secondary N) is 1. The van der Waals surface area contributed by atoms with E-state index >= 15 is 0 Å². The molecule has 0 aliphatic carbocycles. The van der Waals surface area contributed by atoms with Gasteiger partial charge < -0.3 is 5.32 Å². The fraction of sp³-hybridized carbons (Fsp3) is 0.417. The molecule has 1 unspecified atom stereocenters. The van der Waals surface area contributed by atoms with E-state index in [2.05, 4.69) is 17.2 Å². The van der Waals surface area contributed by atoms with E-state index in [-0.39, 0.29) is 0 Å². The lowest BCUT2D eigenvalue weighted by molar-refractivity contribution is 0.634. The zero-order valence-electron chi connectivity index (χ0n) is 9.84. The van der Waals surface area contributed by atoms with Gasteiger partial charge in [-0.1, -0.05) is 53.5 Å². The van der Waals surface area contributed by atoms with Gasteiger partial charge in [-0.25, -0.2) is 0 Å². The van der Waals surface area contributed by atoms with Crippen LogP contribution in [0.25, 0.3) is 0 Å². The molecule has 1 aromatic rings.